The number of aliphatic hydroxyl groups excluding tert-OH is 1. The lowest BCUT2D eigenvalue weighted by Crippen LogP contribution is -2.42. The number of aliphatic hydroxyl groups is 1. The van der Waals surface area contributed by atoms with Crippen LogP contribution in [0.2, 0.25) is 0 Å². The first-order valence-electron chi connectivity index (χ1n) is 9.78. The van der Waals surface area contributed by atoms with E-state index < -0.39 is 0 Å². The molecule has 6 heteroatoms. The molecular formula is C20H30N4O2. The Morgan fingerprint density at radius 3 is 2.73 bits per heavy atom. The molecule has 0 spiro atoms. The van der Waals surface area contributed by atoms with Crippen molar-refractivity contribution in [1.29, 1.82) is 0 Å². The van der Waals surface area contributed by atoms with Crippen molar-refractivity contribution in [2.24, 2.45) is 0 Å². The number of hydrogen-bond acceptors (Lipinski definition) is 4. The van der Waals surface area contributed by atoms with Crippen LogP contribution in [0.25, 0.3) is 11.0 Å². The molecule has 3 rings (SSSR count). The Kier molecular flexibility index (Phi) is 6.27. The van der Waals surface area contributed by atoms with E-state index in [-0.39, 0.29) is 18.1 Å². The molecule has 6 nitrogen and oxygen atoms in total. The number of hydrogen-bond donors (Lipinski definition) is 2. The Bertz CT molecular complexity index is 734. The molecule has 1 atom stereocenters. The van der Waals surface area contributed by atoms with E-state index in [1.54, 1.807) is 0 Å². The van der Waals surface area contributed by atoms with Gasteiger partial charge in [-0.1, -0.05) is 26.0 Å². The van der Waals surface area contributed by atoms with Gasteiger partial charge in [-0.3, -0.25) is 4.79 Å². The number of benzene rings is 1. The van der Waals surface area contributed by atoms with Crippen molar-refractivity contribution < 1.29 is 9.90 Å². The first-order valence-corrected chi connectivity index (χ1v) is 9.78. The zero-order chi connectivity index (χ0) is 18.5. The molecule has 26 heavy (non-hydrogen) atoms. The van der Waals surface area contributed by atoms with Gasteiger partial charge in [0.1, 0.15) is 11.9 Å². The summed E-state index contributed by atoms with van der Waals surface area (Å²) in [5, 5.41) is 12.7. The smallest absolute Gasteiger partial charge is 0.243 e. The zero-order valence-electron chi connectivity index (χ0n) is 15.8. The minimum atomic E-state index is -0.236. The van der Waals surface area contributed by atoms with Gasteiger partial charge in [-0.15, -0.1) is 0 Å². The van der Waals surface area contributed by atoms with Gasteiger partial charge in [0.15, 0.2) is 0 Å². The molecule has 1 aromatic heterocycles. The van der Waals surface area contributed by atoms with Gasteiger partial charge in [0, 0.05) is 32.6 Å². The number of aryl methyl sites for hydroxylation is 1. The number of para-hydroxylation sites is 2. The van der Waals surface area contributed by atoms with Crippen LogP contribution in [0.3, 0.4) is 0 Å². The lowest BCUT2D eigenvalue weighted by Gasteiger charge is -2.29. The summed E-state index contributed by atoms with van der Waals surface area (Å²) >= 11 is 0. The third-order valence-corrected chi connectivity index (χ3v) is 5.27. The fourth-order valence-electron chi connectivity index (χ4n) is 3.77. The second-order valence-electron chi connectivity index (χ2n) is 7.03. The number of nitrogens with zero attached hydrogens (tertiary/aromatic N) is 3. The van der Waals surface area contributed by atoms with E-state index in [1.807, 2.05) is 31.2 Å². The van der Waals surface area contributed by atoms with Gasteiger partial charge in [-0.2, -0.15) is 0 Å². The number of amides is 1. The van der Waals surface area contributed by atoms with Crippen molar-refractivity contribution in [3.05, 3.63) is 30.1 Å². The number of carbonyl (C=O) groups is 1. The normalized spacial score (nSPS) is 17.5. The van der Waals surface area contributed by atoms with Crippen LogP contribution in [0.15, 0.2) is 24.3 Å². The van der Waals surface area contributed by atoms with E-state index in [0.717, 1.165) is 62.2 Å². The van der Waals surface area contributed by atoms with Crippen LogP contribution in [-0.4, -0.2) is 57.7 Å². The van der Waals surface area contributed by atoms with Crippen molar-refractivity contribution in [1.82, 2.24) is 19.8 Å². The summed E-state index contributed by atoms with van der Waals surface area (Å²) < 4.78 is 2.10. The predicted octanol–water partition coefficient (Wildman–Crippen LogP) is 2.12. The molecule has 0 bridgehead atoms. The van der Waals surface area contributed by atoms with Gasteiger partial charge in [0.2, 0.25) is 5.91 Å². The third kappa shape index (κ3) is 4.07. The summed E-state index contributed by atoms with van der Waals surface area (Å²) in [6.45, 7) is 7.40. The van der Waals surface area contributed by atoms with Crippen LogP contribution in [0, 0.1) is 0 Å². The van der Waals surface area contributed by atoms with E-state index in [1.165, 1.54) is 0 Å². The number of carbonyl (C=O) groups excluding carboxylic acids is 1. The Hall–Kier alpha value is -1.92. The minimum Gasteiger partial charge on any atom is -0.393 e. The molecule has 2 aromatic rings. The molecule has 142 valence electrons. The molecule has 1 aliphatic rings. The van der Waals surface area contributed by atoms with E-state index in [4.69, 9.17) is 4.98 Å². The molecule has 1 amide bonds. The minimum absolute atomic E-state index is 0.0578. The Labute approximate surface area is 155 Å². The molecule has 0 saturated carbocycles. The van der Waals surface area contributed by atoms with E-state index in [0.29, 0.717) is 6.54 Å². The summed E-state index contributed by atoms with van der Waals surface area (Å²) in [6.07, 6.45) is 3.02. The van der Waals surface area contributed by atoms with Crippen molar-refractivity contribution in [2.75, 3.05) is 26.2 Å². The second-order valence-corrected chi connectivity index (χ2v) is 7.03. The lowest BCUT2D eigenvalue weighted by molar-refractivity contribution is -0.124. The summed E-state index contributed by atoms with van der Waals surface area (Å²) in [5.74, 6) is 1.01. The maximum absolute atomic E-state index is 12.9. The molecular weight excluding hydrogens is 328 g/mol. The van der Waals surface area contributed by atoms with Crippen LogP contribution < -0.4 is 5.32 Å². The molecule has 0 radical (unpaired) electrons. The molecule has 1 saturated heterocycles. The number of likely N-dealkylation sites (tertiary alicyclic amines) is 1. The average molecular weight is 358 g/mol. The quantitative estimate of drug-likeness (QED) is 0.795. The van der Waals surface area contributed by atoms with Crippen LogP contribution in [0.4, 0.5) is 0 Å². The first-order chi connectivity index (χ1) is 12.6. The molecule has 1 aliphatic heterocycles. The molecule has 1 aromatic carbocycles. The van der Waals surface area contributed by atoms with Crippen molar-refractivity contribution in [2.45, 2.75) is 51.7 Å². The van der Waals surface area contributed by atoms with Gasteiger partial charge in [0.05, 0.1) is 17.1 Å². The third-order valence-electron chi connectivity index (χ3n) is 5.27. The van der Waals surface area contributed by atoms with Crippen molar-refractivity contribution in [3.8, 4) is 0 Å². The maximum atomic E-state index is 12.9. The number of aromatic nitrogens is 2. The molecule has 1 fully saturated rings. The fourth-order valence-corrected chi connectivity index (χ4v) is 3.77. The van der Waals surface area contributed by atoms with Crippen molar-refractivity contribution in [3.63, 3.8) is 0 Å². The summed E-state index contributed by atoms with van der Waals surface area (Å²) in [5.41, 5.74) is 1.97. The topological polar surface area (TPSA) is 70.4 Å². The first kappa shape index (κ1) is 18.9. The van der Waals surface area contributed by atoms with Gasteiger partial charge in [-0.05, 0) is 31.4 Å². The predicted molar refractivity (Wildman–Crippen MR) is 103 cm³/mol. The van der Waals surface area contributed by atoms with Gasteiger partial charge < -0.3 is 19.9 Å². The van der Waals surface area contributed by atoms with Gasteiger partial charge in [0.25, 0.3) is 0 Å². The Morgan fingerprint density at radius 1 is 1.31 bits per heavy atom. The Morgan fingerprint density at radius 2 is 2.04 bits per heavy atom. The highest BCUT2D eigenvalue weighted by molar-refractivity contribution is 5.84. The molecule has 2 heterocycles. The van der Waals surface area contributed by atoms with Gasteiger partial charge >= 0.3 is 0 Å². The van der Waals surface area contributed by atoms with E-state index in [9.17, 15) is 9.90 Å². The number of fused-ring (bicyclic) bond motifs is 1. The number of piperidine rings is 1. The largest absolute Gasteiger partial charge is 0.393 e. The van der Waals surface area contributed by atoms with Gasteiger partial charge in [-0.25, -0.2) is 4.98 Å². The highest BCUT2D eigenvalue weighted by atomic mass is 16.3. The van der Waals surface area contributed by atoms with Crippen LogP contribution in [-0.2, 0) is 11.2 Å². The molecule has 2 N–H and O–H groups in total. The monoisotopic (exact) mass is 358 g/mol. The van der Waals surface area contributed by atoms with Crippen molar-refractivity contribution >= 4 is 16.9 Å². The van der Waals surface area contributed by atoms with E-state index >= 15 is 0 Å². The molecule has 0 unspecified atom stereocenters. The summed E-state index contributed by atoms with van der Waals surface area (Å²) in [6, 6.07) is 7.78. The fraction of sp³-hybridized carbons (Fsp3) is 0.600. The molecule has 0 aliphatic carbocycles. The summed E-state index contributed by atoms with van der Waals surface area (Å²) in [7, 11) is 0. The van der Waals surface area contributed by atoms with Crippen LogP contribution >= 0.6 is 0 Å². The van der Waals surface area contributed by atoms with Crippen LogP contribution in [0.1, 0.15) is 45.0 Å². The van der Waals surface area contributed by atoms with Crippen LogP contribution in [0.5, 0.6) is 0 Å². The average Bonchev–Trinajstić information content (AvgIpc) is 3.03. The van der Waals surface area contributed by atoms with E-state index in [2.05, 4.69) is 21.7 Å². The lowest BCUT2D eigenvalue weighted by atomic mass is 10.1. The number of rotatable bonds is 7. The standard InChI is InChI=1S/C20H30N4O2/c1-3-17(20(26)21-11-14-23-12-9-15(25)10-13-23)24-18-8-6-5-7-16(18)22-19(24)4-2/h5-8,15,17,25H,3-4,9-14H2,1-2H3,(H,21,26)/t17-/m1/s1. The maximum Gasteiger partial charge on any atom is 0.243 e. The number of imidazole rings is 1. The zero-order valence-corrected chi connectivity index (χ0v) is 15.8. The summed E-state index contributed by atoms with van der Waals surface area (Å²) in [4.78, 5) is 19.9. The highest BCUT2D eigenvalue weighted by Gasteiger charge is 2.23. The number of nitrogens with one attached hydrogen (secondary N) is 1. The highest BCUT2D eigenvalue weighted by Crippen LogP contribution is 2.24. The Balaban J connectivity index is 1.66. The SMILES string of the molecule is CCc1nc2ccccc2n1[C@H](CC)C(=O)NCCN1CCC(O)CC1. The second kappa shape index (κ2) is 8.64.